The number of carbonyl (C=O) groups is 1. The van der Waals surface area contributed by atoms with Gasteiger partial charge in [0, 0.05) is 37.6 Å². The minimum atomic E-state index is 0.0960. The molecule has 1 aliphatic rings. The minimum absolute atomic E-state index is 0.0960. The predicted octanol–water partition coefficient (Wildman–Crippen LogP) is 4.94. The van der Waals surface area contributed by atoms with Crippen molar-refractivity contribution >= 4 is 5.91 Å². The van der Waals surface area contributed by atoms with Crippen LogP contribution in [-0.2, 0) is 17.8 Å². The second-order valence-corrected chi connectivity index (χ2v) is 8.72. The Balaban J connectivity index is 1.44. The van der Waals surface area contributed by atoms with Gasteiger partial charge < -0.3 is 9.47 Å². The number of amides is 1. The van der Waals surface area contributed by atoms with Gasteiger partial charge in [-0.1, -0.05) is 29.8 Å². The van der Waals surface area contributed by atoms with Crippen LogP contribution >= 0.6 is 0 Å². The second-order valence-electron chi connectivity index (χ2n) is 8.72. The lowest BCUT2D eigenvalue weighted by Gasteiger charge is -2.25. The molecule has 3 heterocycles. The summed E-state index contributed by atoms with van der Waals surface area (Å²) in [5, 5.41) is 0. The Kier molecular flexibility index (Phi) is 6.50. The number of nitrogens with zero attached hydrogens (tertiary/aromatic N) is 4. The van der Waals surface area contributed by atoms with Crippen LogP contribution in [-0.4, -0.2) is 31.9 Å². The Hall–Kier alpha value is -2.95. The number of rotatable bonds is 7. The molecule has 0 bridgehead atoms. The third-order valence-corrected chi connectivity index (χ3v) is 6.15. The molecule has 1 fully saturated rings. The van der Waals surface area contributed by atoms with E-state index in [1.807, 2.05) is 19.3 Å². The van der Waals surface area contributed by atoms with E-state index in [2.05, 4.69) is 64.7 Å². The first kappa shape index (κ1) is 21.3. The van der Waals surface area contributed by atoms with Crippen LogP contribution in [0, 0.1) is 20.8 Å². The summed E-state index contributed by atoms with van der Waals surface area (Å²) in [5.74, 6) is 1.24. The fourth-order valence-corrected chi connectivity index (χ4v) is 4.66. The molecule has 0 saturated carbocycles. The van der Waals surface area contributed by atoms with Crippen LogP contribution < -0.4 is 0 Å². The van der Waals surface area contributed by atoms with E-state index in [0.717, 1.165) is 56.0 Å². The summed E-state index contributed by atoms with van der Waals surface area (Å²) in [4.78, 5) is 24.2. The number of pyridine rings is 1. The minimum Gasteiger partial charge on any atom is -0.335 e. The van der Waals surface area contributed by atoms with Gasteiger partial charge in [-0.05, 0) is 69.7 Å². The monoisotopic (exact) mass is 416 g/mol. The highest BCUT2D eigenvalue weighted by Gasteiger charge is 2.30. The normalized spacial score (nSPS) is 16.1. The van der Waals surface area contributed by atoms with Crippen LogP contribution in [0.15, 0.2) is 48.8 Å². The zero-order chi connectivity index (χ0) is 21.8. The van der Waals surface area contributed by atoms with Crippen molar-refractivity contribution in [1.82, 2.24) is 19.4 Å². The first-order chi connectivity index (χ1) is 15.0. The van der Waals surface area contributed by atoms with E-state index >= 15 is 0 Å². The summed E-state index contributed by atoms with van der Waals surface area (Å²) in [6.45, 7) is 7.84. The lowest BCUT2D eigenvalue weighted by Crippen LogP contribution is -2.31. The molecule has 0 aliphatic carbocycles. The summed E-state index contributed by atoms with van der Waals surface area (Å²) in [5.41, 5.74) is 5.92. The van der Waals surface area contributed by atoms with Crippen molar-refractivity contribution in [2.45, 2.75) is 65.5 Å². The van der Waals surface area contributed by atoms with Crippen molar-refractivity contribution in [3.05, 3.63) is 82.7 Å². The van der Waals surface area contributed by atoms with E-state index in [1.54, 1.807) is 0 Å². The number of benzene rings is 1. The number of hydrogen-bond acceptors (Lipinski definition) is 3. The van der Waals surface area contributed by atoms with Crippen LogP contribution in [0.1, 0.15) is 65.6 Å². The quantitative estimate of drug-likeness (QED) is 0.548. The maximum atomic E-state index is 13.0. The zero-order valence-corrected chi connectivity index (χ0v) is 18.8. The van der Waals surface area contributed by atoms with E-state index in [1.165, 1.54) is 16.7 Å². The number of aromatic nitrogens is 3. The molecule has 2 aromatic heterocycles. The Labute approximate surface area is 185 Å². The average molecular weight is 417 g/mol. The standard InChI is InChI=1S/C26H32N4O/c1-19-7-4-8-22(15-19)17-23-16-20(2)28-24(18-23)25-9-5-13-30(25)26(31)10-6-12-29-14-11-27-21(29)3/h4,7-8,11,14-16,18,25H,5-6,9-10,12-13,17H2,1-3H3. The van der Waals surface area contributed by atoms with Crippen LogP contribution in [0.3, 0.4) is 0 Å². The second kappa shape index (κ2) is 9.46. The van der Waals surface area contributed by atoms with Crippen LogP contribution in [0.4, 0.5) is 0 Å². The summed E-state index contributed by atoms with van der Waals surface area (Å²) < 4.78 is 2.11. The summed E-state index contributed by atoms with van der Waals surface area (Å²) >= 11 is 0. The highest BCUT2D eigenvalue weighted by molar-refractivity contribution is 5.77. The smallest absolute Gasteiger partial charge is 0.223 e. The molecule has 1 aromatic carbocycles. The highest BCUT2D eigenvalue weighted by atomic mass is 16.2. The zero-order valence-electron chi connectivity index (χ0n) is 18.8. The van der Waals surface area contributed by atoms with Crippen LogP contribution in [0.5, 0.6) is 0 Å². The molecule has 1 amide bonds. The first-order valence-electron chi connectivity index (χ1n) is 11.3. The number of aryl methyl sites for hydroxylation is 4. The SMILES string of the molecule is Cc1cccc(Cc2cc(C)nc(C3CCCN3C(=O)CCCn3ccnc3C)c2)c1. The predicted molar refractivity (Wildman–Crippen MR) is 123 cm³/mol. The Bertz CT molecular complexity index is 1060. The van der Waals surface area contributed by atoms with Crippen LogP contribution in [0.25, 0.3) is 0 Å². The van der Waals surface area contributed by atoms with Crippen molar-refractivity contribution in [2.24, 2.45) is 0 Å². The molecule has 31 heavy (non-hydrogen) atoms. The van der Waals surface area contributed by atoms with Crippen molar-refractivity contribution < 1.29 is 4.79 Å². The van der Waals surface area contributed by atoms with Crippen molar-refractivity contribution in [3.63, 3.8) is 0 Å². The van der Waals surface area contributed by atoms with Crippen molar-refractivity contribution in [2.75, 3.05) is 6.54 Å². The first-order valence-corrected chi connectivity index (χ1v) is 11.3. The van der Waals surface area contributed by atoms with E-state index in [-0.39, 0.29) is 11.9 Å². The molecule has 162 valence electrons. The molecule has 0 radical (unpaired) electrons. The van der Waals surface area contributed by atoms with E-state index in [4.69, 9.17) is 4.98 Å². The van der Waals surface area contributed by atoms with Gasteiger partial charge in [0.05, 0.1) is 11.7 Å². The fourth-order valence-electron chi connectivity index (χ4n) is 4.66. The molecular weight excluding hydrogens is 384 g/mol. The molecule has 1 unspecified atom stereocenters. The Morgan fingerprint density at radius 2 is 2.00 bits per heavy atom. The maximum Gasteiger partial charge on any atom is 0.223 e. The van der Waals surface area contributed by atoms with E-state index in [9.17, 15) is 4.79 Å². The van der Waals surface area contributed by atoms with E-state index < -0.39 is 0 Å². The highest BCUT2D eigenvalue weighted by Crippen LogP contribution is 2.32. The van der Waals surface area contributed by atoms with Gasteiger partial charge in [0.2, 0.25) is 5.91 Å². The average Bonchev–Trinajstić information content (AvgIpc) is 3.37. The fraction of sp³-hybridized carbons (Fsp3) is 0.423. The van der Waals surface area contributed by atoms with Gasteiger partial charge in [0.15, 0.2) is 0 Å². The topological polar surface area (TPSA) is 51.0 Å². The third kappa shape index (κ3) is 5.22. The number of hydrogen-bond donors (Lipinski definition) is 0. The molecule has 0 N–H and O–H groups in total. The molecule has 5 heteroatoms. The maximum absolute atomic E-state index is 13.0. The van der Waals surface area contributed by atoms with Gasteiger partial charge in [-0.2, -0.15) is 0 Å². The van der Waals surface area contributed by atoms with Gasteiger partial charge in [-0.15, -0.1) is 0 Å². The van der Waals surface area contributed by atoms with Gasteiger partial charge in [-0.3, -0.25) is 9.78 Å². The molecule has 5 nitrogen and oxygen atoms in total. The molecule has 1 atom stereocenters. The molecule has 4 rings (SSSR count). The Morgan fingerprint density at radius 1 is 1.13 bits per heavy atom. The van der Waals surface area contributed by atoms with Crippen molar-refractivity contribution in [3.8, 4) is 0 Å². The van der Waals surface area contributed by atoms with Crippen LogP contribution in [0.2, 0.25) is 0 Å². The molecule has 3 aromatic rings. The molecule has 0 spiro atoms. The lowest BCUT2D eigenvalue weighted by atomic mass is 10.0. The lowest BCUT2D eigenvalue weighted by molar-refractivity contribution is -0.132. The Morgan fingerprint density at radius 3 is 2.77 bits per heavy atom. The van der Waals surface area contributed by atoms with Gasteiger partial charge in [0.1, 0.15) is 5.82 Å². The summed E-state index contributed by atoms with van der Waals surface area (Å²) in [6, 6.07) is 13.1. The molecular formula is C26H32N4O. The van der Waals surface area contributed by atoms with Gasteiger partial charge in [0.25, 0.3) is 0 Å². The molecule has 1 aliphatic heterocycles. The number of likely N-dealkylation sites (tertiary alicyclic amines) is 1. The van der Waals surface area contributed by atoms with Crippen molar-refractivity contribution in [1.29, 1.82) is 0 Å². The largest absolute Gasteiger partial charge is 0.335 e. The van der Waals surface area contributed by atoms with Gasteiger partial charge >= 0.3 is 0 Å². The summed E-state index contributed by atoms with van der Waals surface area (Å²) in [6.07, 6.45) is 8.11. The number of carbonyl (C=O) groups excluding carboxylic acids is 1. The summed E-state index contributed by atoms with van der Waals surface area (Å²) in [7, 11) is 0. The third-order valence-electron chi connectivity index (χ3n) is 6.15. The van der Waals surface area contributed by atoms with Gasteiger partial charge in [-0.25, -0.2) is 4.98 Å². The molecule has 1 saturated heterocycles. The number of imidazole rings is 1. The van der Waals surface area contributed by atoms with E-state index in [0.29, 0.717) is 6.42 Å².